The molecule has 1 aliphatic heterocycles. The van der Waals surface area contributed by atoms with E-state index in [0.29, 0.717) is 56.0 Å². The van der Waals surface area contributed by atoms with Crippen LogP contribution in [0.5, 0.6) is 0 Å². The number of carbonyl (C=O) groups excluding carboxylic acids is 1. The Morgan fingerprint density at radius 1 is 1.11 bits per heavy atom. The lowest BCUT2D eigenvalue weighted by Crippen LogP contribution is -2.49. The molecule has 4 rings (SSSR count). The molecule has 11 heteroatoms. The van der Waals surface area contributed by atoms with Crippen molar-refractivity contribution in [2.24, 2.45) is 0 Å². The molecule has 8 nitrogen and oxygen atoms in total. The molecule has 1 aliphatic rings. The van der Waals surface area contributed by atoms with E-state index in [4.69, 9.17) is 9.51 Å². The van der Waals surface area contributed by atoms with Crippen LogP contribution in [0.1, 0.15) is 51.9 Å². The van der Waals surface area contributed by atoms with Crippen LogP contribution in [-0.2, 0) is 12.6 Å². The van der Waals surface area contributed by atoms with Gasteiger partial charge in [-0.1, -0.05) is 24.2 Å². The summed E-state index contributed by atoms with van der Waals surface area (Å²) in [4.78, 5) is 25.8. The summed E-state index contributed by atoms with van der Waals surface area (Å²) in [5, 5.41) is 7.58. The van der Waals surface area contributed by atoms with E-state index in [-0.39, 0.29) is 28.5 Å². The van der Waals surface area contributed by atoms with Gasteiger partial charge in [-0.15, -0.1) is 0 Å². The zero-order valence-electron chi connectivity index (χ0n) is 20.9. The third-order valence-corrected chi connectivity index (χ3v) is 5.86. The van der Waals surface area contributed by atoms with Crippen LogP contribution in [0.2, 0.25) is 0 Å². The topological polar surface area (TPSA) is 87.4 Å². The monoisotopic (exact) mass is 504 g/mol. The number of fused-ring (bicyclic) bond motifs is 1. The highest BCUT2D eigenvalue weighted by atomic mass is 19.4. The molecule has 3 aromatic rings. The summed E-state index contributed by atoms with van der Waals surface area (Å²) < 4.78 is 45.6. The molecule has 0 atom stereocenters. The first-order valence-corrected chi connectivity index (χ1v) is 12.1. The van der Waals surface area contributed by atoms with Crippen molar-refractivity contribution in [3.63, 3.8) is 0 Å². The van der Waals surface area contributed by atoms with Gasteiger partial charge in [0.2, 0.25) is 0 Å². The Kier molecular flexibility index (Phi) is 7.10. The number of aromatic nitrogens is 3. The van der Waals surface area contributed by atoms with Gasteiger partial charge in [0.15, 0.2) is 0 Å². The molecule has 0 saturated carbocycles. The van der Waals surface area contributed by atoms with Crippen LogP contribution < -0.4 is 10.2 Å². The Labute approximate surface area is 207 Å². The molecular formula is C25H31F3N6O2. The Hall–Kier alpha value is -3.37. The van der Waals surface area contributed by atoms with Crippen LogP contribution in [0, 0.1) is 0 Å². The molecule has 2 amide bonds. The van der Waals surface area contributed by atoms with Gasteiger partial charge < -0.3 is 19.6 Å². The first-order chi connectivity index (χ1) is 17.0. The second-order valence-corrected chi connectivity index (χ2v) is 10.0. The molecule has 0 unspecified atom stereocenters. The maximum Gasteiger partial charge on any atom is 0.416 e. The number of hydrogen-bond donors (Lipinski definition) is 1. The highest BCUT2D eigenvalue weighted by Crippen LogP contribution is 2.37. The standard InChI is InChI=1S/C25H31F3N6O2/c1-5-8-18-29-21(33-11-7-12-34(14-13-33)23(35)31-24(2,3)4)19-20(32-36-22(19)30-18)16-9-6-10-17(15-16)25(26,27)28/h6,9-10,15H,5,7-8,11-14H2,1-4H3,(H,31,35). The summed E-state index contributed by atoms with van der Waals surface area (Å²) in [6, 6.07) is 4.87. The van der Waals surface area contributed by atoms with Crippen LogP contribution in [0.25, 0.3) is 22.4 Å². The van der Waals surface area contributed by atoms with Crippen molar-refractivity contribution in [3.8, 4) is 11.3 Å². The van der Waals surface area contributed by atoms with Crippen molar-refractivity contribution in [1.29, 1.82) is 0 Å². The van der Waals surface area contributed by atoms with E-state index in [2.05, 4.69) is 15.5 Å². The first kappa shape index (κ1) is 25.7. The number of hydrogen-bond acceptors (Lipinski definition) is 6. The molecule has 1 N–H and O–H groups in total. The molecule has 1 fully saturated rings. The summed E-state index contributed by atoms with van der Waals surface area (Å²) in [5.41, 5.74) is -0.337. The minimum Gasteiger partial charge on any atom is -0.354 e. The Balaban J connectivity index is 1.72. The molecule has 1 saturated heterocycles. The first-order valence-electron chi connectivity index (χ1n) is 12.1. The normalized spacial score (nSPS) is 15.3. The average molecular weight is 505 g/mol. The Bertz CT molecular complexity index is 1230. The van der Waals surface area contributed by atoms with Gasteiger partial charge in [0.05, 0.1) is 5.56 Å². The van der Waals surface area contributed by atoms with Gasteiger partial charge in [-0.3, -0.25) is 0 Å². The van der Waals surface area contributed by atoms with Gasteiger partial charge in [0.25, 0.3) is 5.71 Å². The number of nitrogens with zero attached hydrogens (tertiary/aromatic N) is 5. The van der Waals surface area contributed by atoms with Gasteiger partial charge in [-0.05, 0) is 45.7 Å². The van der Waals surface area contributed by atoms with Crippen LogP contribution in [0.3, 0.4) is 0 Å². The van der Waals surface area contributed by atoms with Crippen LogP contribution in [0.15, 0.2) is 28.8 Å². The van der Waals surface area contributed by atoms with Gasteiger partial charge in [0, 0.05) is 43.7 Å². The number of nitrogens with one attached hydrogen (secondary N) is 1. The quantitative estimate of drug-likeness (QED) is 0.521. The fourth-order valence-corrected chi connectivity index (χ4v) is 4.22. The third kappa shape index (κ3) is 5.71. The predicted octanol–water partition coefficient (Wildman–Crippen LogP) is 5.28. The molecule has 0 bridgehead atoms. The number of alkyl halides is 3. The zero-order chi connectivity index (χ0) is 26.1. The van der Waals surface area contributed by atoms with Crippen LogP contribution in [0.4, 0.5) is 23.8 Å². The number of halogens is 3. The summed E-state index contributed by atoms with van der Waals surface area (Å²) >= 11 is 0. The van der Waals surface area contributed by atoms with Crippen molar-refractivity contribution in [2.75, 3.05) is 31.1 Å². The fourth-order valence-electron chi connectivity index (χ4n) is 4.22. The average Bonchev–Trinajstić information content (AvgIpc) is 3.06. The van der Waals surface area contributed by atoms with Crippen molar-refractivity contribution < 1.29 is 22.5 Å². The van der Waals surface area contributed by atoms with Gasteiger partial charge in [-0.25, -0.2) is 9.78 Å². The van der Waals surface area contributed by atoms with Crippen molar-refractivity contribution in [2.45, 2.75) is 58.7 Å². The number of urea groups is 1. The lowest BCUT2D eigenvalue weighted by Gasteiger charge is -2.28. The number of benzene rings is 1. The molecule has 0 spiro atoms. The number of rotatable bonds is 4. The maximum atomic E-state index is 13.4. The molecule has 194 valence electrons. The molecule has 2 aromatic heterocycles. The van der Waals surface area contributed by atoms with Crippen molar-refractivity contribution in [3.05, 3.63) is 35.7 Å². The fraction of sp³-hybridized carbons (Fsp3) is 0.520. The van der Waals surface area contributed by atoms with E-state index < -0.39 is 11.7 Å². The molecule has 36 heavy (non-hydrogen) atoms. The summed E-state index contributed by atoms with van der Waals surface area (Å²) in [7, 11) is 0. The highest BCUT2D eigenvalue weighted by molar-refractivity contribution is 5.98. The van der Waals surface area contributed by atoms with E-state index in [1.165, 1.54) is 6.07 Å². The van der Waals surface area contributed by atoms with E-state index in [9.17, 15) is 18.0 Å². The highest BCUT2D eigenvalue weighted by Gasteiger charge is 2.32. The van der Waals surface area contributed by atoms with Crippen molar-refractivity contribution >= 4 is 22.9 Å². The third-order valence-electron chi connectivity index (χ3n) is 5.86. The lowest BCUT2D eigenvalue weighted by atomic mass is 10.1. The second-order valence-electron chi connectivity index (χ2n) is 10.0. The number of anilines is 1. The van der Waals surface area contributed by atoms with E-state index >= 15 is 0 Å². The zero-order valence-corrected chi connectivity index (χ0v) is 20.9. The molecule has 0 radical (unpaired) electrons. The summed E-state index contributed by atoms with van der Waals surface area (Å²) in [5.74, 6) is 1.15. The van der Waals surface area contributed by atoms with Crippen molar-refractivity contribution in [1.82, 2.24) is 25.3 Å². The van der Waals surface area contributed by atoms with Crippen LogP contribution in [-0.4, -0.2) is 57.8 Å². The second kappa shape index (κ2) is 9.94. The number of aryl methyl sites for hydroxylation is 1. The summed E-state index contributed by atoms with van der Waals surface area (Å²) in [6.07, 6.45) is -2.34. The van der Waals surface area contributed by atoms with Gasteiger partial charge >= 0.3 is 12.2 Å². The van der Waals surface area contributed by atoms with E-state index in [0.717, 1.165) is 18.6 Å². The minimum atomic E-state index is -4.48. The van der Waals surface area contributed by atoms with Gasteiger partial charge in [0.1, 0.15) is 22.7 Å². The van der Waals surface area contributed by atoms with Crippen LogP contribution >= 0.6 is 0 Å². The molecular weight excluding hydrogens is 473 g/mol. The summed E-state index contributed by atoms with van der Waals surface area (Å²) in [6.45, 7) is 9.99. The van der Waals surface area contributed by atoms with Gasteiger partial charge in [-0.2, -0.15) is 18.2 Å². The van der Waals surface area contributed by atoms with E-state index in [1.54, 1.807) is 11.0 Å². The number of amides is 2. The molecule has 3 heterocycles. The van der Waals surface area contributed by atoms with E-state index in [1.807, 2.05) is 32.6 Å². The minimum absolute atomic E-state index is 0.126. The molecule has 0 aliphatic carbocycles. The Morgan fingerprint density at radius 2 is 1.89 bits per heavy atom. The Morgan fingerprint density at radius 3 is 2.58 bits per heavy atom. The predicted molar refractivity (Wildman–Crippen MR) is 131 cm³/mol. The largest absolute Gasteiger partial charge is 0.416 e. The maximum absolute atomic E-state index is 13.4. The SMILES string of the molecule is CCCc1nc(N2CCCN(C(=O)NC(C)(C)C)CC2)c2c(-c3cccc(C(F)(F)F)c3)noc2n1. The smallest absolute Gasteiger partial charge is 0.354 e. The lowest BCUT2D eigenvalue weighted by molar-refractivity contribution is -0.137. The molecule has 1 aromatic carbocycles. The number of carbonyl (C=O) groups is 1.